The van der Waals surface area contributed by atoms with E-state index in [-0.39, 0.29) is 12.5 Å². The molecular formula is C16H18N2O3. The molecule has 5 heteroatoms. The van der Waals surface area contributed by atoms with Crippen molar-refractivity contribution in [1.82, 2.24) is 10.6 Å². The summed E-state index contributed by atoms with van der Waals surface area (Å²) in [6, 6.07) is 5.51. The maximum atomic E-state index is 11.5. The van der Waals surface area contributed by atoms with Gasteiger partial charge < -0.3 is 15.4 Å². The van der Waals surface area contributed by atoms with E-state index in [0.29, 0.717) is 12.1 Å². The van der Waals surface area contributed by atoms with Crippen molar-refractivity contribution in [3.05, 3.63) is 34.9 Å². The summed E-state index contributed by atoms with van der Waals surface area (Å²) >= 11 is 0. The molecule has 21 heavy (non-hydrogen) atoms. The zero-order valence-electron chi connectivity index (χ0n) is 12.4. The lowest BCUT2D eigenvalue weighted by molar-refractivity contribution is 0.0535. The average molecular weight is 286 g/mol. The van der Waals surface area contributed by atoms with Crippen LogP contribution in [-0.4, -0.2) is 24.1 Å². The van der Waals surface area contributed by atoms with Gasteiger partial charge in [0.25, 0.3) is 5.91 Å². The van der Waals surface area contributed by atoms with E-state index in [9.17, 15) is 9.59 Å². The quantitative estimate of drug-likeness (QED) is 0.774. The molecule has 2 rings (SSSR count). The first-order chi connectivity index (χ1) is 9.85. The molecule has 2 amide bonds. The van der Waals surface area contributed by atoms with Crippen LogP contribution >= 0.6 is 0 Å². The van der Waals surface area contributed by atoms with E-state index in [1.807, 2.05) is 12.1 Å². The maximum absolute atomic E-state index is 11.5. The molecule has 0 unspecified atom stereocenters. The molecule has 0 aliphatic carbocycles. The number of alkyl carbamates (subject to hydrolysis) is 1. The van der Waals surface area contributed by atoms with Crippen LogP contribution in [0.25, 0.3) is 0 Å². The maximum Gasteiger partial charge on any atom is 0.408 e. The third-order valence-electron chi connectivity index (χ3n) is 2.75. The molecule has 0 fully saturated rings. The summed E-state index contributed by atoms with van der Waals surface area (Å²) in [5.41, 5.74) is 1.88. The molecule has 1 heterocycles. The van der Waals surface area contributed by atoms with Gasteiger partial charge >= 0.3 is 6.09 Å². The molecule has 0 saturated heterocycles. The van der Waals surface area contributed by atoms with Crippen molar-refractivity contribution in [1.29, 1.82) is 0 Å². The molecule has 1 aliphatic rings. The summed E-state index contributed by atoms with van der Waals surface area (Å²) in [7, 11) is 0. The minimum absolute atomic E-state index is 0.0690. The summed E-state index contributed by atoms with van der Waals surface area (Å²) in [5.74, 6) is 5.67. The van der Waals surface area contributed by atoms with Crippen LogP contribution in [-0.2, 0) is 11.3 Å². The fourth-order valence-electron chi connectivity index (χ4n) is 1.87. The van der Waals surface area contributed by atoms with Gasteiger partial charge in [-0.05, 0) is 38.5 Å². The zero-order chi connectivity index (χ0) is 15.5. The highest BCUT2D eigenvalue weighted by Crippen LogP contribution is 2.16. The van der Waals surface area contributed by atoms with Gasteiger partial charge in [0.15, 0.2) is 0 Å². The second-order valence-electron chi connectivity index (χ2n) is 5.71. The highest BCUT2D eigenvalue weighted by Gasteiger charge is 2.18. The molecule has 0 radical (unpaired) electrons. The van der Waals surface area contributed by atoms with Gasteiger partial charge in [0.1, 0.15) is 5.60 Å². The molecule has 1 aliphatic heterocycles. The molecule has 0 saturated carbocycles. The monoisotopic (exact) mass is 286 g/mol. The van der Waals surface area contributed by atoms with Gasteiger partial charge in [0, 0.05) is 17.7 Å². The number of nitrogens with one attached hydrogen (secondary N) is 2. The Morgan fingerprint density at radius 1 is 1.43 bits per heavy atom. The lowest BCUT2D eigenvalue weighted by Crippen LogP contribution is -2.32. The minimum Gasteiger partial charge on any atom is -0.444 e. The van der Waals surface area contributed by atoms with Crippen LogP contribution in [0, 0.1) is 11.8 Å². The van der Waals surface area contributed by atoms with E-state index >= 15 is 0 Å². The molecule has 2 N–H and O–H groups in total. The Morgan fingerprint density at radius 3 is 2.90 bits per heavy atom. The van der Waals surface area contributed by atoms with Crippen molar-refractivity contribution in [3.63, 3.8) is 0 Å². The Kier molecular flexibility index (Phi) is 4.18. The first-order valence-corrected chi connectivity index (χ1v) is 6.72. The van der Waals surface area contributed by atoms with Crippen molar-refractivity contribution >= 4 is 12.0 Å². The first kappa shape index (κ1) is 14.9. The van der Waals surface area contributed by atoms with Crippen molar-refractivity contribution in [2.45, 2.75) is 32.9 Å². The van der Waals surface area contributed by atoms with Gasteiger partial charge in [-0.15, -0.1) is 0 Å². The second kappa shape index (κ2) is 5.88. The molecule has 1 aromatic carbocycles. The standard InChI is InChI=1S/C16H18N2O3/c1-16(2,3)21-15(20)17-8-4-5-11-6-7-12-10-18-14(19)13(12)9-11/h6-7,9H,8,10H2,1-3H3,(H,17,20)(H,18,19). The number of benzene rings is 1. The minimum atomic E-state index is -0.523. The van der Waals surface area contributed by atoms with E-state index in [2.05, 4.69) is 22.5 Å². The summed E-state index contributed by atoms with van der Waals surface area (Å²) in [5, 5.41) is 5.31. The smallest absolute Gasteiger partial charge is 0.408 e. The average Bonchev–Trinajstić information content (AvgIpc) is 2.74. The van der Waals surface area contributed by atoms with E-state index in [0.717, 1.165) is 11.1 Å². The third-order valence-corrected chi connectivity index (χ3v) is 2.75. The topological polar surface area (TPSA) is 67.4 Å². The highest BCUT2D eigenvalue weighted by atomic mass is 16.6. The number of fused-ring (bicyclic) bond motifs is 1. The molecule has 0 spiro atoms. The Hall–Kier alpha value is -2.48. The predicted molar refractivity (Wildman–Crippen MR) is 78.7 cm³/mol. The van der Waals surface area contributed by atoms with Crippen LogP contribution < -0.4 is 10.6 Å². The van der Waals surface area contributed by atoms with Crippen molar-refractivity contribution in [3.8, 4) is 11.8 Å². The number of amides is 2. The fraction of sp³-hybridized carbons (Fsp3) is 0.375. The molecule has 110 valence electrons. The van der Waals surface area contributed by atoms with Gasteiger partial charge in [-0.1, -0.05) is 17.9 Å². The van der Waals surface area contributed by atoms with Gasteiger partial charge in [-0.25, -0.2) is 4.79 Å². The second-order valence-corrected chi connectivity index (χ2v) is 5.71. The van der Waals surface area contributed by atoms with Gasteiger partial charge in [-0.2, -0.15) is 0 Å². The number of ether oxygens (including phenoxy) is 1. The van der Waals surface area contributed by atoms with Crippen molar-refractivity contribution in [2.24, 2.45) is 0 Å². The van der Waals surface area contributed by atoms with Gasteiger partial charge in [0.2, 0.25) is 0 Å². The summed E-state index contributed by atoms with van der Waals surface area (Å²) in [4.78, 5) is 22.9. The summed E-state index contributed by atoms with van der Waals surface area (Å²) in [6.45, 7) is 6.16. The Morgan fingerprint density at radius 2 is 2.19 bits per heavy atom. The lowest BCUT2D eigenvalue weighted by Gasteiger charge is -2.18. The van der Waals surface area contributed by atoms with Crippen LogP contribution in [0.4, 0.5) is 4.79 Å². The lowest BCUT2D eigenvalue weighted by atomic mass is 10.1. The van der Waals surface area contributed by atoms with Crippen molar-refractivity contribution in [2.75, 3.05) is 6.54 Å². The van der Waals surface area contributed by atoms with E-state index in [1.54, 1.807) is 26.8 Å². The summed E-state index contributed by atoms with van der Waals surface area (Å²) < 4.78 is 5.09. The van der Waals surface area contributed by atoms with Gasteiger partial charge in [-0.3, -0.25) is 4.79 Å². The Bertz CT molecular complexity index is 633. The normalized spacial score (nSPS) is 12.8. The number of carbonyl (C=O) groups is 2. The van der Waals surface area contributed by atoms with Crippen LogP contribution in [0.3, 0.4) is 0 Å². The number of hydrogen-bond acceptors (Lipinski definition) is 3. The van der Waals surface area contributed by atoms with Crippen LogP contribution in [0.15, 0.2) is 18.2 Å². The molecule has 5 nitrogen and oxygen atoms in total. The van der Waals surface area contributed by atoms with Crippen LogP contribution in [0.5, 0.6) is 0 Å². The highest BCUT2D eigenvalue weighted by molar-refractivity contribution is 5.98. The van der Waals surface area contributed by atoms with Crippen LogP contribution in [0.1, 0.15) is 42.3 Å². The molecule has 0 bridgehead atoms. The molecule has 0 atom stereocenters. The number of rotatable bonds is 1. The Balaban J connectivity index is 1.91. The SMILES string of the molecule is CC(C)(C)OC(=O)NCC#Cc1ccc2c(c1)C(=O)NC2. The number of hydrogen-bond donors (Lipinski definition) is 2. The van der Waals surface area contributed by atoms with E-state index in [1.165, 1.54) is 0 Å². The Labute approximate surface area is 124 Å². The first-order valence-electron chi connectivity index (χ1n) is 6.72. The zero-order valence-corrected chi connectivity index (χ0v) is 12.4. The third kappa shape index (κ3) is 4.25. The van der Waals surface area contributed by atoms with Gasteiger partial charge in [0.05, 0.1) is 6.54 Å². The predicted octanol–water partition coefficient (Wildman–Crippen LogP) is 1.81. The molecular weight excluding hydrogens is 268 g/mol. The fourth-order valence-corrected chi connectivity index (χ4v) is 1.87. The van der Waals surface area contributed by atoms with E-state index in [4.69, 9.17) is 4.74 Å². The molecule has 0 aromatic heterocycles. The van der Waals surface area contributed by atoms with Crippen molar-refractivity contribution < 1.29 is 14.3 Å². The van der Waals surface area contributed by atoms with Crippen LogP contribution in [0.2, 0.25) is 0 Å². The summed E-state index contributed by atoms with van der Waals surface area (Å²) in [6.07, 6.45) is -0.495. The van der Waals surface area contributed by atoms with E-state index < -0.39 is 11.7 Å². The largest absolute Gasteiger partial charge is 0.444 e. The molecule has 1 aromatic rings. The number of carbonyl (C=O) groups excluding carboxylic acids is 2.